The fourth-order valence-electron chi connectivity index (χ4n) is 3.39. The van der Waals surface area contributed by atoms with Crippen molar-refractivity contribution >= 4 is 5.97 Å². The number of nitrogens with one attached hydrogen (secondary N) is 1. The maximum absolute atomic E-state index is 12.3. The number of hydrogen-bond donors (Lipinski definition) is 1. The first-order chi connectivity index (χ1) is 8.66. The van der Waals surface area contributed by atoms with E-state index in [2.05, 4.69) is 12.2 Å². The zero-order valence-corrected chi connectivity index (χ0v) is 11.8. The summed E-state index contributed by atoms with van der Waals surface area (Å²) in [6.45, 7) is 4.67. The molecule has 18 heavy (non-hydrogen) atoms. The van der Waals surface area contributed by atoms with E-state index in [1.165, 1.54) is 25.7 Å². The van der Waals surface area contributed by atoms with Gasteiger partial charge in [0.1, 0.15) is 5.54 Å². The quantitative estimate of drug-likeness (QED) is 0.783. The number of rotatable bonds is 4. The molecule has 3 heteroatoms. The van der Waals surface area contributed by atoms with E-state index in [1.807, 2.05) is 6.92 Å². The highest BCUT2D eigenvalue weighted by molar-refractivity contribution is 5.81. The lowest BCUT2D eigenvalue weighted by Crippen LogP contribution is -2.57. The molecule has 2 fully saturated rings. The Labute approximate surface area is 111 Å². The molecule has 0 unspecified atom stereocenters. The molecule has 0 heterocycles. The van der Waals surface area contributed by atoms with Crippen LogP contribution >= 0.6 is 0 Å². The number of ether oxygens (including phenoxy) is 1. The molecule has 0 aromatic rings. The summed E-state index contributed by atoms with van der Waals surface area (Å²) < 4.78 is 5.33. The maximum Gasteiger partial charge on any atom is 0.326 e. The van der Waals surface area contributed by atoms with Crippen LogP contribution in [0.4, 0.5) is 0 Å². The van der Waals surface area contributed by atoms with Gasteiger partial charge in [-0.05, 0) is 51.4 Å². The predicted octanol–water partition coefficient (Wildman–Crippen LogP) is 3.03. The number of carbonyl (C=O) groups excluding carboxylic acids is 1. The van der Waals surface area contributed by atoms with Crippen LogP contribution in [0.25, 0.3) is 0 Å². The van der Waals surface area contributed by atoms with Gasteiger partial charge in [0.15, 0.2) is 0 Å². The van der Waals surface area contributed by atoms with E-state index in [-0.39, 0.29) is 11.5 Å². The number of hydrogen-bond acceptors (Lipinski definition) is 3. The molecule has 2 saturated carbocycles. The molecule has 2 aliphatic rings. The molecule has 0 bridgehead atoms. The zero-order valence-electron chi connectivity index (χ0n) is 11.8. The van der Waals surface area contributed by atoms with Gasteiger partial charge in [-0.2, -0.15) is 0 Å². The van der Waals surface area contributed by atoms with Gasteiger partial charge in [-0.1, -0.05) is 19.8 Å². The van der Waals surface area contributed by atoms with E-state index >= 15 is 0 Å². The average molecular weight is 253 g/mol. The molecule has 0 aromatic heterocycles. The maximum atomic E-state index is 12.3. The summed E-state index contributed by atoms with van der Waals surface area (Å²) in [4.78, 5) is 12.3. The monoisotopic (exact) mass is 253 g/mol. The van der Waals surface area contributed by atoms with Crippen molar-refractivity contribution in [3.8, 4) is 0 Å². The van der Waals surface area contributed by atoms with Gasteiger partial charge < -0.3 is 4.74 Å². The molecule has 1 N–H and O–H groups in total. The molecule has 0 radical (unpaired) electrons. The van der Waals surface area contributed by atoms with Crippen LogP contribution < -0.4 is 5.32 Å². The summed E-state index contributed by atoms with van der Waals surface area (Å²) in [5.41, 5.74) is -0.377. The molecule has 2 rings (SSSR count). The van der Waals surface area contributed by atoms with E-state index < -0.39 is 0 Å². The molecule has 2 aliphatic carbocycles. The van der Waals surface area contributed by atoms with Crippen LogP contribution in [-0.2, 0) is 9.53 Å². The van der Waals surface area contributed by atoms with Gasteiger partial charge >= 0.3 is 5.97 Å². The summed E-state index contributed by atoms with van der Waals surface area (Å²) in [5, 5.41) is 3.66. The van der Waals surface area contributed by atoms with E-state index in [1.54, 1.807) is 0 Å². The predicted molar refractivity (Wildman–Crippen MR) is 72.4 cm³/mol. The van der Waals surface area contributed by atoms with E-state index in [9.17, 15) is 4.79 Å². The van der Waals surface area contributed by atoms with E-state index in [0.29, 0.717) is 12.6 Å². The van der Waals surface area contributed by atoms with Crippen molar-refractivity contribution in [2.45, 2.75) is 76.8 Å². The Kier molecular flexibility index (Phi) is 4.66. The molecule has 104 valence electrons. The average Bonchev–Trinajstić information content (AvgIpc) is 2.85. The lowest BCUT2D eigenvalue weighted by molar-refractivity contribution is -0.153. The van der Waals surface area contributed by atoms with Crippen LogP contribution in [0.2, 0.25) is 0 Å². The Morgan fingerprint density at radius 2 is 1.83 bits per heavy atom. The first kappa shape index (κ1) is 13.9. The summed E-state index contributed by atoms with van der Waals surface area (Å²) in [6, 6.07) is 0.530. The minimum absolute atomic E-state index is 0.0104. The highest BCUT2D eigenvalue weighted by Crippen LogP contribution is 2.35. The topological polar surface area (TPSA) is 38.3 Å². The summed E-state index contributed by atoms with van der Waals surface area (Å²) in [6.07, 6.45) is 9.21. The van der Waals surface area contributed by atoms with Crippen LogP contribution in [0.1, 0.15) is 65.2 Å². The lowest BCUT2D eigenvalue weighted by Gasteiger charge is -2.40. The van der Waals surface area contributed by atoms with Crippen LogP contribution in [0, 0.1) is 5.92 Å². The van der Waals surface area contributed by atoms with Gasteiger partial charge in [0.25, 0.3) is 0 Å². The molecule has 0 saturated heterocycles. The van der Waals surface area contributed by atoms with Crippen LogP contribution in [0.5, 0.6) is 0 Å². The van der Waals surface area contributed by atoms with Crippen LogP contribution in [-0.4, -0.2) is 24.2 Å². The Bertz CT molecular complexity index is 276. The molecular formula is C15H27NO2. The van der Waals surface area contributed by atoms with Crippen LogP contribution in [0.3, 0.4) is 0 Å². The minimum Gasteiger partial charge on any atom is -0.465 e. The number of carbonyl (C=O) groups is 1. The van der Waals surface area contributed by atoms with Crippen molar-refractivity contribution < 1.29 is 9.53 Å². The first-order valence-corrected chi connectivity index (χ1v) is 7.61. The van der Waals surface area contributed by atoms with Crippen molar-refractivity contribution in [1.29, 1.82) is 0 Å². The fraction of sp³-hybridized carbons (Fsp3) is 0.933. The molecular weight excluding hydrogens is 226 g/mol. The summed E-state index contributed by atoms with van der Waals surface area (Å²) >= 11 is 0. The second-order valence-electron chi connectivity index (χ2n) is 6.11. The molecule has 0 amide bonds. The van der Waals surface area contributed by atoms with E-state index in [4.69, 9.17) is 4.74 Å². The minimum atomic E-state index is -0.377. The van der Waals surface area contributed by atoms with Crippen molar-refractivity contribution in [2.24, 2.45) is 5.92 Å². The van der Waals surface area contributed by atoms with Gasteiger partial charge in [-0.3, -0.25) is 10.1 Å². The summed E-state index contributed by atoms with van der Waals surface area (Å²) in [7, 11) is 0. The molecule has 0 atom stereocenters. The Morgan fingerprint density at radius 1 is 1.22 bits per heavy atom. The number of esters is 1. The largest absolute Gasteiger partial charge is 0.465 e. The lowest BCUT2D eigenvalue weighted by atomic mass is 9.76. The Morgan fingerprint density at radius 3 is 2.39 bits per heavy atom. The highest BCUT2D eigenvalue weighted by Gasteiger charge is 2.43. The Balaban J connectivity index is 2.03. The van der Waals surface area contributed by atoms with E-state index in [0.717, 1.165) is 31.6 Å². The molecule has 3 nitrogen and oxygen atoms in total. The highest BCUT2D eigenvalue weighted by atomic mass is 16.5. The van der Waals surface area contributed by atoms with Gasteiger partial charge in [-0.25, -0.2) is 0 Å². The molecule has 0 aliphatic heterocycles. The third-order valence-corrected chi connectivity index (χ3v) is 4.63. The summed E-state index contributed by atoms with van der Waals surface area (Å²) in [5.74, 6) is 0.738. The van der Waals surface area contributed by atoms with Crippen molar-refractivity contribution in [2.75, 3.05) is 6.61 Å². The smallest absolute Gasteiger partial charge is 0.326 e. The standard InChI is InChI=1S/C15H27NO2/c1-3-18-14(17)15(10-8-12(2)9-11-15)16-13-6-4-5-7-13/h12-13,16H,3-11H2,1-2H3. The normalized spacial score (nSPS) is 33.6. The van der Waals surface area contributed by atoms with Gasteiger partial charge in [-0.15, -0.1) is 0 Å². The van der Waals surface area contributed by atoms with Gasteiger partial charge in [0, 0.05) is 6.04 Å². The second-order valence-corrected chi connectivity index (χ2v) is 6.11. The molecule has 0 aromatic carbocycles. The second kappa shape index (κ2) is 6.05. The SMILES string of the molecule is CCOC(=O)C1(NC2CCCC2)CCC(C)CC1. The third kappa shape index (κ3) is 3.05. The Hall–Kier alpha value is -0.570. The van der Waals surface area contributed by atoms with Gasteiger partial charge in [0.05, 0.1) is 6.61 Å². The molecule has 0 spiro atoms. The zero-order chi connectivity index (χ0) is 13.0. The fourth-order valence-corrected chi connectivity index (χ4v) is 3.39. The van der Waals surface area contributed by atoms with Crippen molar-refractivity contribution in [1.82, 2.24) is 5.32 Å². The third-order valence-electron chi connectivity index (χ3n) is 4.63. The first-order valence-electron chi connectivity index (χ1n) is 7.61. The van der Waals surface area contributed by atoms with Crippen LogP contribution in [0.15, 0.2) is 0 Å². The van der Waals surface area contributed by atoms with Gasteiger partial charge in [0.2, 0.25) is 0 Å². The van der Waals surface area contributed by atoms with Crippen molar-refractivity contribution in [3.05, 3.63) is 0 Å². The van der Waals surface area contributed by atoms with Crippen molar-refractivity contribution in [3.63, 3.8) is 0 Å².